The molecule has 46 heavy (non-hydrogen) atoms. The second-order valence-electron chi connectivity index (χ2n) is 10.3. The standard InChI is InChI=1S/C33H42ClN3O8S/c1-7-9-18-35-33(39)27(8-2)36(21-23-10-12-24(34)13-11-23)32(38)22-37(28-19-25(42-3)14-16-29(28)43-4)46(40,41)26-15-17-30(44-5)31(20-26)45-6/h10-17,19-20,27H,7-9,18,21-22H2,1-6H3,(H,35,39)/t27-/m0/s1. The molecule has 3 aromatic carbocycles. The van der Waals surface area contributed by atoms with Crippen LogP contribution in [0.3, 0.4) is 0 Å². The van der Waals surface area contributed by atoms with E-state index >= 15 is 0 Å². The molecule has 0 aliphatic rings. The Kier molecular flexibility index (Phi) is 13.4. The molecule has 0 aromatic heterocycles. The van der Waals surface area contributed by atoms with Crippen LogP contribution in [-0.2, 0) is 26.2 Å². The molecule has 2 amide bonds. The van der Waals surface area contributed by atoms with Gasteiger partial charge in [-0.3, -0.25) is 13.9 Å². The van der Waals surface area contributed by atoms with Gasteiger partial charge in [-0.1, -0.05) is 44.0 Å². The number of nitrogens with one attached hydrogen (secondary N) is 1. The van der Waals surface area contributed by atoms with Crippen molar-refractivity contribution >= 4 is 39.1 Å². The first-order chi connectivity index (χ1) is 22.0. The van der Waals surface area contributed by atoms with E-state index in [0.717, 1.165) is 17.1 Å². The van der Waals surface area contributed by atoms with Crippen LogP contribution in [0.25, 0.3) is 0 Å². The molecule has 250 valence electrons. The molecule has 3 rings (SSSR count). The molecule has 1 N–H and O–H groups in total. The number of anilines is 1. The number of rotatable bonds is 17. The summed E-state index contributed by atoms with van der Waals surface area (Å²) in [5.74, 6) is 0.110. The van der Waals surface area contributed by atoms with Crippen LogP contribution in [0.4, 0.5) is 5.69 Å². The van der Waals surface area contributed by atoms with E-state index in [0.29, 0.717) is 35.1 Å². The van der Waals surface area contributed by atoms with Crippen molar-refractivity contribution in [1.29, 1.82) is 0 Å². The monoisotopic (exact) mass is 675 g/mol. The lowest BCUT2D eigenvalue weighted by molar-refractivity contribution is -0.140. The van der Waals surface area contributed by atoms with Crippen molar-refractivity contribution in [3.8, 4) is 23.0 Å². The summed E-state index contributed by atoms with van der Waals surface area (Å²) in [4.78, 5) is 29.0. The number of methoxy groups -OCH3 is 4. The van der Waals surface area contributed by atoms with Crippen LogP contribution >= 0.6 is 11.6 Å². The maximum atomic E-state index is 14.4. The van der Waals surface area contributed by atoms with Crippen molar-refractivity contribution in [3.63, 3.8) is 0 Å². The smallest absolute Gasteiger partial charge is 0.265 e. The minimum absolute atomic E-state index is 0.0369. The summed E-state index contributed by atoms with van der Waals surface area (Å²) < 4.78 is 51.4. The molecular formula is C33H42ClN3O8S. The molecule has 0 heterocycles. The fraction of sp³-hybridized carbons (Fsp3) is 0.394. The first-order valence-corrected chi connectivity index (χ1v) is 16.6. The van der Waals surface area contributed by atoms with Gasteiger partial charge < -0.3 is 29.2 Å². The molecule has 0 unspecified atom stereocenters. The van der Waals surface area contributed by atoms with E-state index in [-0.39, 0.29) is 34.5 Å². The van der Waals surface area contributed by atoms with Gasteiger partial charge in [-0.05, 0) is 54.8 Å². The summed E-state index contributed by atoms with van der Waals surface area (Å²) in [5.41, 5.74) is 0.780. The zero-order chi connectivity index (χ0) is 33.9. The first-order valence-electron chi connectivity index (χ1n) is 14.8. The Hall–Kier alpha value is -4.16. The summed E-state index contributed by atoms with van der Waals surface area (Å²) in [5, 5.41) is 3.43. The van der Waals surface area contributed by atoms with E-state index in [9.17, 15) is 18.0 Å². The number of carbonyl (C=O) groups is 2. The molecular weight excluding hydrogens is 634 g/mol. The van der Waals surface area contributed by atoms with Crippen molar-refractivity contribution in [2.24, 2.45) is 0 Å². The largest absolute Gasteiger partial charge is 0.497 e. The summed E-state index contributed by atoms with van der Waals surface area (Å²) in [7, 11) is 1.23. The Labute approximate surface area is 276 Å². The predicted octanol–water partition coefficient (Wildman–Crippen LogP) is 5.29. The third kappa shape index (κ3) is 8.76. The highest BCUT2D eigenvalue weighted by molar-refractivity contribution is 7.92. The number of halogens is 1. The van der Waals surface area contributed by atoms with Crippen LogP contribution in [0.1, 0.15) is 38.7 Å². The second-order valence-corrected chi connectivity index (χ2v) is 12.6. The third-order valence-electron chi connectivity index (χ3n) is 7.36. The number of nitrogens with zero attached hydrogens (tertiary/aromatic N) is 2. The van der Waals surface area contributed by atoms with Crippen molar-refractivity contribution in [2.75, 3.05) is 45.8 Å². The van der Waals surface area contributed by atoms with E-state index in [1.165, 1.54) is 57.6 Å². The van der Waals surface area contributed by atoms with Crippen molar-refractivity contribution in [1.82, 2.24) is 10.2 Å². The minimum atomic E-state index is -4.45. The zero-order valence-corrected chi connectivity index (χ0v) is 28.6. The highest BCUT2D eigenvalue weighted by Crippen LogP contribution is 2.38. The van der Waals surface area contributed by atoms with Crippen molar-refractivity contribution in [2.45, 2.75) is 50.6 Å². The van der Waals surface area contributed by atoms with Gasteiger partial charge in [0, 0.05) is 30.2 Å². The molecule has 0 saturated carbocycles. The predicted molar refractivity (Wildman–Crippen MR) is 178 cm³/mol. The van der Waals surface area contributed by atoms with E-state index < -0.39 is 28.5 Å². The Morgan fingerprint density at radius 2 is 1.50 bits per heavy atom. The summed E-state index contributed by atoms with van der Waals surface area (Å²) in [6, 6.07) is 14.8. The number of sulfonamides is 1. The number of ether oxygens (including phenoxy) is 4. The lowest BCUT2D eigenvalue weighted by Gasteiger charge is -2.33. The van der Waals surface area contributed by atoms with E-state index in [2.05, 4.69) is 5.32 Å². The number of hydrogen-bond donors (Lipinski definition) is 1. The van der Waals surface area contributed by atoms with Gasteiger partial charge in [0.2, 0.25) is 11.8 Å². The number of carbonyl (C=O) groups excluding carboxylic acids is 2. The Bertz CT molecular complexity index is 1580. The van der Waals surface area contributed by atoms with Crippen LogP contribution in [-0.4, -0.2) is 72.7 Å². The van der Waals surface area contributed by atoms with E-state index in [1.807, 2.05) is 6.92 Å². The molecule has 0 aliphatic carbocycles. The SMILES string of the molecule is CCCCNC(=O)[C@H](CC)N(Cc1ccc(Cl)cc1)C(=O)CN(c1cc(OC)ccc1OC)S(=O)(=O)c1ccc(OC)c(OC)c1. The number of amides is 2. The second kappa shape index (κ2) is 17.0. The molecule has 11 nitrogen and oxygen atoms in total. The molecule has 0 saturated heterocycles. The molecule has 0 bridgehead atoms. The summed E-state index contributed by atoms with van der Waals surface area (Å²) in [6.07, 6.45) is 1.96. The van der Waals surface area contributed by atoms with Crippen LogP contribution in [0.2, 0.25) is 5.02 Å². The molecule has 0 aliphatic heterocycles. The third-order valence-corrected chi connectivity index (χ3v) is 9.37. The van der Waals surface area contributed by atoms with Gasteiger partial charge in [0.05, 0.1) is 39.0 Å². The Balaban J connectivity index is 2.17. The highest BCUT2D eigenvalue weighted by Gasteiger charge is 2.35. The molecule has 13 heteroatoms. The molecule has 3 aromatic rings. The van der Waals surface area contributed by atoms with Crippen molar-refractivity contribution in [3.05, 3.63) is 71.2 Å². The first kappa shape index (κ1) is 36.3. The minimum Gasteiger partial charge on any atom is -0.497 e. The van der Waals surface area contributed by atoms with Gasteiger partial charge in [-0.25, -0.2) is 8.42 Å². The van der Waals surface area contributed by atoms with E-state index in [4.69, 9.17) is 30.5 Å². The number of unbranched alkanes of at least 4 members (excludes halogenated alkanes) is 1. The molecule has 0 radical (unpaired) electrons. The fourth-order valence-corrected chi connectivity index (χ4v) is 6.38. The van der Waals surface area contributed by atoms with Gasteiger partial charge in [0.1, 0.15) is 24.1 Å². The van der Waals surface area contributed by atoms with E-state index in [1.54, 1.807) is 43.3 Å². The summed E-state index contributed by atoms with van der Waals surface area (Å²) >= 11 is 6.10. The van der Waals surface area contributed by atoms with Crippen molar-refractivity contribution < 1.29 is 37.0 Å². The van der Waals surface area contributed by atoms with Gasteiger partial charge in [0.25, 0.3) is 10.0 Å². The van der Waals surface area contributed by atoms with Crippen LogP contribution in [0.5, 0.6) is 23.0 Å². The van der Waals surface area contributed by atoms with Gasteiger partial charge >= 0.3 is 0 Å². The fourth-order valence-electron chi connectivity index (χ4n) is 4.82. The van der Waals surface area contributed by atoms with Gasteiger partial charge in [-0.2, -0.15) is 0 Å². The lowest BCUT2D eigenvalue weighted by Crippen LogP contribution is -2.52. The maximum Gasteiger partial charge on any atom is 0.265 e. The number of benzene rings is 3. The lowest BCUT2D eigenvalue weighted by atomic mass is 10.1. The Morgan fingerprint density at radius 3 is 2.09 bits per heavy atom. The Morgan fingerprint density at radius 1 is 0.848 bits per heavy atom. The molecule has 1 atom stereocenters. The number of hydrogen-bond acceptors (Lipinski definition) is 8. The van der Waals surface area contributed by atoms with Crippen LogP contribution in [0.15, 0.2) is 65.6 Å². The normalized spacial score (nSPS) is 11.7. The van der Waals surface area contributed by atoms with Crippen LogP contribution < -0.4 is 28.6 Å². The highest BCUT2D eigenvalue weighted by atomic mass is 35.5. The van der Waals surface area contributed by atoms with Crippen LogP contribution in [0, 0.1) is 0 Å². The van der Waals surface area contributed by atoms with Gasteiger partial charge in [-0.15, -0.1) is 0 Å². The zero-order valence-electron chi connectivity index (χ0n) is 27.0. The molecule has 0 fully saturated rings. The molecule has 0 spiro atoms. The average Bonchev–Trinajstić information content (AvgIpc) is 3.07. The summed E-state index contributed by atoms with van der Waals surface area (Å²) in [6.45, 7) is 3.65. The van der Waals surface area contributed by atoms with Gasteiger partial charge in [0.15, 0.2) is 11.5 Å². The average molecular weight is 676 g/mol. The maximum absolute atomic E-state index is 14.4. The quantitative estimate of drug-likeness (QED) is 0.192. The topological polar surface area (TPSA) is 124 Å².